The highest BCUT2D eigenvalue weighted by molar-refractivity contribution is 5.81. The first-order valence-electron chi connectivity index (χ1n) is 6.79. The molecule has 0 aromatic heterocycles. The number of hydrogen-bond donors (Lipinski definition) is 2. The Morgan fingerprint density at radius 3 is 2.42 bits per heavy atom. The number of nitrogens with one attached hydrogen (secondary N) is 1. The molecule has 106 valence electrons. The van der Waals surface area contributed by atoms with Crippen molar-refractivity contribution in [3.63, 3.8) is 0 Å². The van der Waals surface area contributed by atoms with Crippen molar-refractivity contribution in [2.45, 2.75) is 25.8 Å². The Labute approximate surface area is 115 Å². The van der Waals surface area contributed by atoms with Gasteiger partial charge >= 0.3 is 5.97 Å². The van der Waals surface area contributed by atoms with Gasteiger partial charge in [0.25, 0.3) is 0 Å². The number of rotatable bonds is 8. The van der Waals surface area contributed by atoms with Crippen LogP contribution in [-0.4, -0.2) is 42.7 Å². The number of carbonyl (C=O) groups is 1. The van der Waals surface area contributed by atoms with Gasteiger partial charge in [-0.3, -0.25) is 5.32 Å². The molecule has 0 saturated heterocycles. The van der Waals surface area contributed by atoms with Crippen LogP contribution in [0.5, 0.6) is 0 Å². The van der Waals surface area contributed by atoms with Gasteiger partial charge in [0.15, 0.2) is 5.54 Å². The molecule has 2 N–H and O–H groups in total. The zero-order valence-electron chi connectivity index (χ0n) is 12.0. The van der Waals surface area contributed by atoms with Crippen LogP contribution in [0.15, 0.2) is 30.3 Å². The summed E-state index contributed by atoms with van der Waals surface area (Å²) < 4.78 is 0. The minimum atomic E-state index is -1.04. The standard InChI is InChI=1S/C15H24N2O2/c1-4-11-17(3)12-15(14(18)19,16-5-2)13-9-7-6-8-10-13/h6-10,16H,4-5,11-12H2,1-3H3,(H,18,19). The normalized spacial score (nSPS) is 14.3. The predicted molar refractivity (Wildman–Crippen MR) is 77.2 cm³/mol. The van der Waals surface area contributed by atoms with Crippen LogP contribution in [0, 0.1) is 0 Å². The van der Waals surface area contributed by atoms with E-state index < -0.39 is 11.5 Å². The summed E-state index contributed by atoms with van der Waals surface area (Å²) in [6.07, 6.45) is 1.01. The van der Waals surface area contributed by atoms with Crippen molar-refractivity contribution in [2.24, 2.45) is 0 Å². The van der Waals surface area contributed by atoms with E-state index in [4.69, 9.17) is 0 Å². The van der Waals surface area contributed by atoms with Crippen LogP contribution < -0.4 is 5.32 Å². The van der Waals surface area contributed by atoms with Crippen molar-refractivity contribution in [3.05, 3.63) is 35.9 Å². The average Bonchev–Trinajstić information content (AvgIpc) is 2.39. The molecule has 0 saturated carbocycles. The summed E-state index contributed by atoms with van der Waals surface area (Å²) in [6.45, 7) is 5.97. The summed E-state index contributed by atoms with van der Waals surface area (Å²) in [5, 5.41) is 12.9. The van der Waals surface area contributed by atoms with E-state index >= 15 is 0 Å². The fourth-order valence-electron chi connectivity index (χ4n) is 2.41. The molecular weight excluding hydrogens is 240 g/mol. The van der Waals surface area contributed by atoms with E-state index in [1.54, 1.807) is 0 Å². The maximum Gasteiger partial charge on any atom is 0.329 e. The van der Waals surface area contributed by atoms with Crippen LogP contribution in [0.3, 0.4) is 0 Å². The van der Waals surface area contributed by atoms with Gasteiger partial charge < -0.3 is 10.0 Å². The van der Waals surface area contributed by atoms with Gasteiger partial charge in [-0.1, -0.05) is 44.2 Å². The van der Waals surface area contributed by atoms with Crippen molar-refractivity contribution in [3.8, 4) is 0 Å². The van der Waals surface area contributed by atoms with Gasteiger partial charge in [0.2, 0.25) is 0 Å². The van der Waals surface area contributed by atoms with Crippen LogP contribution in [0.2, 0.25) is 0 Å². The number of benzene rings is 1. The van der Waals surface area contributed by atoms with E-state index in [9.17, 15) is 9.90 Å². The minimum Gasteiger partial charge on any atom is -0.480 e. The number of carboxylic acid groups (broad SMARTS) is 1. The monoisotopic (exact) mass is 264 g/mol. The quantitative estimate of drug-likeness (QED) is 0.753. The minimum absolute atomic E-state index is 0.452. The third-order valence-electron chi connectivity index (χ3n) is 3.22. The topological polar surface area (TPSA) is 52.6 Å². The number of hydrogen-bond acceptors (Lipinski definition) is 3. The van der Waals surface area contributed by atoms with Crippen LogP contribution in [0.4, 0.5) is 0 Å². The van der Waals surface area contributed by atoms with E-state index in [1.807, 2.05) is 44.3 Å². The molecule has 0 spiro atoms. The van der Waals surface area contributed by atoms with Crippen LogP contribution in [0.1, 0.15) is 25.8 Å². The molecule has 4 nitrogen and oxygen atoms in total. The van der Waals surface area contributed by atoms with Gasteiger partial charge in [0.05, 0.1) is 0 Å². The molecule has 1 aromatic rings. The Morgan fingerprint density at radius 2 is 1.95 bits per heavy atom. The zero-order valence-corrected chi connectivity index (χ0v) is 12.0. The Kier molecular flexibility index (Phi) is 5.99. The molecule has 1 rings (SSSR count). The molecular formula is C15H24N2O2. The molecule has 0 radical (unpaired) electrons. The fraction of sp³-hybridized carbons (Fsp3) is 0.533. The first-order valence-corrected chi connectivity index (χ1v) is 6.79. The largest absolute Gasteiger partial charge is 0.480 e. The van der Waals surface area contributed by atoms with Crippen LogP contribution in [-0.2, 0) is 10.3 Å². The predicted octanol–water partition coefficient (Wildman–Crippen LogP) is 1.92. The second-order valence-corrected chi connectivity index (χ2v) is 4.84. The maximum atomic E-state index is 11.9. The highest BCUT2D eigenvalue weighted by atomic mass is 16.4. The van der Waals surface area contributed by atoms with Crippen molar-refractivity contribution < 1.29 is 9.90 Å². The maximum absolute atomic E-state index is 11.9. The highest BCUT2D eigenvalue weighted by Gasteiger charge is 2.40. The van der Waals surface area contributed by atoms with E-state index in [0.29, 0.717) is 13.1 Å². The zero-order chi connectivity index (χ0) is 14.3. The highest BCUT2D eigenvalue weighted by Crippen LogP contribution is 2.23. The average molecular weight is 264 g/mol. The van der Waals surface area contributed by atoms with Crippen molar-refractivity contribution in [1.82, 2.24) is 10.2 Å². The van der Waals surface area contributed by atoms with Gasteiger partial charge in [-0.25, -0.2) is 4.79 Å². The van der Waals surface area contributed by atoms with Gasteiger partial charge in [-0.2, -0.15) is 0 Å². The number of nitrogens with zero attached hydrogens (tertiary/aromatic N) is 1. The summed E-state index contributed by atoms with van der Waals surface area (Å²) in [5.74, 6) is -0.830. The SMILES string of the molecule is CCCN(C)CC(NCC)(C(=O)O)c1ccccc1. The van der Waals surface area contributed by atoms with Crippen molar-refractivity contribution in [2.75, 3.05) is 26.7 Å². The molecule has 19 heavy (non-hydrogen) atoms. The summed E-state index contributed by atoms with van der Waals surface area (Å²) in [7, 11) is 1.96. The summed E-state index contributed by atoms with van der Waals surface area (Å²) in [4.78, 5) is 13.9. The van der Waals surface area contributed by atoms with E-state index in [2.05, 4.69) is 17.1 Å². The van der Waals surface area contributed by atoms with Crippen LogP contribution >= 0.6 is 0 Å². The number of carboxylic acids is 1. The fourth-order valence-corrected chi connectivity index (χ4v) is 2.41. The van der Waals surface area contributed by atoms with Gasteiger partial charge in [0.1, 0.15) is 0 Å². The molecule has 0 heterocycles. The lowest BCUT2D eigenvalue weighted by Crippen LogP contribution is -2.55. The summed E-state index contributed by atoms with van der Waals surface area (Å²) >= 11 is 0. The third kappa shape index (κ3) is 3.78. The Balaban J connectivity index is 3.11. The molecule has 0 aliphatic rings. The Hall–Kier alpha value is -1.39. The van der Waals surface area contributed by atoms with Gasteiger partial charge in [-0.15, -0.1) is 0 Å². The number of likely N-dealkylation sites (N-methyl/N-ethyl adjacent to an activating group) is 2. The Morgan fingerprint density at radius 1 is 1.32 bits per heavy atom. The lowest BCUT2D eigenvalue weighted by molar-refractivity contribution is -0.146. The molecule has 0 aliphatic carbocycles. The molecule has 0 amide bonds. The van der Waals surface area contributed by atoms with E-state index in [-0.39, 0.29) is 0 Å². The van der Waals surface area contributed by atoms with Gasteiger partial charge in [-0.05, 0) is 32.1 Å². The van der Waals surface area contributed by atoms with E-state index in [0.717, 1.165) is 18.5 Å². The molecule has 1 aromatic carbocycles. The molecule has 4 heteroatoms. The molecule has 0 bridgehead atoms. The molecule has 0 aliphatic heterocycles. The molecule has 1 unspecified atom stereocenters. The smallest absolute Gasteiger partial charge is 0.329 e. The molecule has 1 atom stereocenters. The first-order chi connectivity index (χ1) is 9.06. The van der Waals surface area contributed by atoms with Crippen molar-refractivity contribution >= 4 is 5.97 Å². The first kappa shape index (κ1) is 15.7. The number of aliphatic carboxylic acids is 1. The lowest BCUT2D eigenvalue weighted by atomic mass is 9.89. The lowest BCUT2D eigenvalue weighted by Gasteiger charge is -2.34. The van der Waals surface area contributed by atoms with Crippen molar-refractivity contribution in [1.29, 1.82) is 0 Å². The van der Waals surface area contributed by atoms with Crippen LogP contribution in [0.25, 0.3) is 0 Å². The van der Waals surface area contributed by atoms with Gasteiger partial charge in [0, 0.05) is 6.54 Å². The second-order valence-electron chi connectivity index (χ2n) is 4.84. The van der Waals surface area contributed by atoms with E-state index in [1.165, 1.54) is 0 Å². The second kappa shape index (κ2) is 7.26. The molecule has 0 fully saturated rings. The Bertz CT molecular complexity index is 394. The third-order valence-corrected chi connectivity index (χ3v) is 3.22. The summed E-state index contributed by atoms with van der Waals surface area (Å²) in [5.41, 5.74) is -0.243. The summed E-state index contributed by atoms with van der Waals surface area (Å²) in [6, 6.07) is 9.40.